The summed E-state index contributed by atoms with van der Waals surface area (Å²) in [5.41, 5.74) is 0.650. The summed E-state index contributed by atoms with van der Waals surface area (Å²) < 4.78 is 0.746. The smallest absolute Gasteiger partial charge is 0.252 e. The molecule has 2 unspecified atom stereocenters. The highest BCUT2D eigenvalue weighted by atomic mass is 79.9. The first-order chi connectivity index (χ1) is 9.11. The summed E-state index contributed by atoms with van der Waals surface area (Å²) in [6.07, 6.45) is 3.48. The molecule has 1 N–H and O–H groups in total. The number of carbonyl (C=O) groups is 1. The number of carbonyl (C=O) groups excluding carboxylic acids is 1. The minimum Gasteiger partial charge on any atom is -0.348 e. The molecule has 1 saturated carbocycles. The normalized spacial score (nSPS) is 22.5. The fourth-order valence-corrected chi connectivity index (χ4v) is 4.49. The van der Waals surface area contributed by atoms with Crippen LogP contribution in [0.3, 0.4) is 0 Å². The van der Waals surface area contributed by atoms with Crippen LogP contribution in [0.4, 0.5) is 0 Å². The van der Waals surface area contributed by atoms with Crippen molar-refractivity contribution in [1.29, 1.82) is 0 Å². The van der Waals surface area contributed by atoms with Gasteiger partial charge in [-0.05, 0) is 52.7 Å². The van der Waals surface area contributed by atoms with Crippen molar-refractivity contribution in [2.24, 2.45) is 0 Å². The Hall–Kier alpha value is -0.190. The number of halogens is 2. The summed E-state index contributed by atoms with van der Waals surface area (Å²) >= 11 is 11.2. The van der Waals surface area contributed by atoms with Gasteiger partial charge in [0.1, 0.15) is 0 Å². The largest absolute Gasteiger partial charge is 0.348 e. The monoisotopic (exact) mass is 361 g/mol. The minimum absolute atomic E-state index is 0.0165. The maximum Gasteiger partial charge on any atom is 0.252 e. The maximum absolute atomic E-state index is 12.3. The van der Waals surface area contributed by atoms with Crippen molar-refractivity contribution in [1.82, 2.24) is 5.32 Å². The molecular weight excluding hydrogens is 346 g/mol. The van der Waals surface area contributed by atoms with E-state index in [0.717, 1.165) is 16.6 Å². The molecule has 0 radical (unpaired) electrons. The fraction of sp³-hybridized carbons (Fsp3) is 0.500. The minimum atomic E-state index is -0.0165. The van der Waals surface area contributed by atoms with E-state index in [2.05, 4.69) is 28.2 Å². The lowest BCUT2D eigenvalue weighted by Gasteiger charge is -2.20. The second-order valence-corrected chi connectivity index (χ2v) is 7.44. The first-order valence-electron chi connectivity index (χ1n) is 6.49. The number of nitrogens with one attached hydrogen (secondary N) is 1. The summed E-state index contributed by atoms with van der Waals surface area (Å²) in [4.78, 5) is 12.3. The SMILES string of the molecule is CCSC1CCCC1NC(=O)c1ccc(Cl)cc1Br. The molecule has 5 heteroatoms. The molecule has 1 aliphatic rings. The van der Waals surface area contributed by atoms with Crippen LogP contribution in [-0.4, -0.2) is 23.0 Å². The molecule has 1 aliphatic carbocycles. The van der Waals surface area contributed by atoms with Crippen LogP contribution in [0.2, 0.25) is 5.02 Å². The summed E-state index contributed by atoms with van der Waals surface area (Å²) in [5.74, 6) is 1.08. The molecule has 1 amide bonds. The van der Waals surface area contributed by atoms with E-state index in [0.29, 0.717) is 21.9 Å². The molecular formula is C14H17BrClNOS. The highest BCUT2D eigenvalue weighted by molar-refractivity contribution is 9.10. The molecule has 19 heavy (non-hydrogen) atoms. The van der Waals surface area contributed by atoms with Gasteiger partial charge < -0.3 is 5.32 Å². The number of hydrogen-bond acceptors (Lipinski definition) is 2. The van der Waals surface area contributed by atoms with E-state index < -0.39 is 0 Å². The van der Waals surface area contributed by atoms with E-state index >= 15 is 0 Å². The molecule has 1 fully saturated rings. The Kier molecular flexibility index (Phi) is 5.60. The summed E-state index contributed by atoms with van der Waals surface area (Å²) in [6.45, 7) is 2.16. The summed E-state index contributed by atoms with van der Waals surface area (Å²) in [7, 11) is 0. The average molecular weight is 363 g/mol. The predicted octanol–water partition coefficient (Wildman–Crippen LogP) is 4.51. The number of thioether (sulfide) groups is 1. The molecule has 0 spiro atoms. The van der Waals surface area contributed by atoms with Crippen LogP contribution < -0.4 is 5.32 Å². The van der Waals surface area contributed by atoms with Gasteiger partial charge in [0, 0.05) is 20.8 Å². The number of benzene rings is 1. The molecule has 0 aliphatic heterocycles. The van der Waals surface area contributed by atoms with E-state index in [1.165, 1.54) is 12.8 Å². The van der Waals surface area contributed by atoms with Crippen molar-refractivity contribution in [3.05, 3.63) is 33.3 Å². The van der Waals surface area contributed by atoms with Crippen molar-refractivity contribution in [2.75, 3.05) is 5.75 Å². The van der Waals surface area contributed by atoms with Crippen molar-refractivity contribution in [3.8, 4) is 0 Å². The van der Waals surface area contributed by atoms with E-state index in [1.54, 1.807) is 18.2 Å². The second kappa shape index (κ2) is 7.00. The molecule has 0 heterocycles. The zero-order valence-electron chi connectivity index (χ0n) is 10.8. The Morgan fingerprint density at radius 2 is 2.32 bits per heavy atom. The predicted molar refractivity (Wildman–Crippen MR) is 86.2 cm³/mol. The van der Waals surface area contributed by atoms with Gasteiger partial charge in [-0.25, -0.2) is 0 Å². The van der Waals surface area contributed by atoms with Crippen LogP contribution in [0.25, 0.3) is 0 Å². The van der Waals surface area contributed by atoms with Crippen LogP contribution in [0.5, 0.6) is 0 Å². The Bertz CT molecular complexity index is 469. The first-order valence-corrected chi connectivity index (χ1v) is 8.71. The lowest BCUT2D eigenvalue weighted by atomic mass is 10.2. The Balaban J connectivity index is 2.04. The highest BCUT2D eigenvalue weighted by Crippen LogP contribution is 2.30. The fourth-order valence-electron chi connectivity index (χ4n) is 2.42. The van der Waals surface area contributed by atoms with Crippen molar-refractivity contribution >= 4 is 45.2 Å². The molecule has 1 aromatic rings. The first kappa shape index (κ1) is 15.2. The molecule has 0 saturated heterocycles. The number of rotatable bonds is 4. The van der Waals surface area contributed by atoms with Gasteiger partial charge in [-0.3, -0.25) is 4.79 Å². The van der Waals surface area contributed by atoms with E-state index in [1.807, 2.05) is 11.8 Å². The average Bonchev–Trinajstić information content (AvgIpc) is 2.77. The highest BCUT2D eigenvalue weighted by Gasteiger charge is 2.28. The van der Waals surface area contributed by atoms with Gasteiger partial charge in [-0.15, -0.1) is 0 Å². The van der Waals surface area contributed by atoms with Gasteiger partial charge in [-0.1, -0.05) is 24.9 Å². The third kappa shape index (κ3) is 3.89. The molecule has 2 atom stereocenters. The molecule has 0 aromatic heterocycles. The Morgan fingerprint density at radius 3 is 3.00 bits per heavy atom. The zero-order valence-corrected chi connectivity index (χ0v) is 13.9. The quantitative estimate of drug-likeness (QED) is 0.854. The van der Waals surface area contributed by atoms with Crippen LogP contribution in [0, 0.1) is 0 Å². The number of hydrogen-bond donors (Lipinski definition) is 1. The van der Waals surface area contributed by atoms with Crippen molar-refractivity contribution in [2.45, 2.75) is 37.5 Å². The molecule has 2 rings (SSSR count). The van der Waals surface area contributed by atoms with E-state index in [9.17, 15) is 4.79 Å². The van der Waals surface area contributed by atoms with Gasteiger partial charge in [0.15, 0.2) is 0 Å². The van der Waals surface area contributed by atoms with Crippen LogP contribution in [-0.2, 0) is 0 Å². The molecule has 1 aromatic carbocycles. The van der Waals surface area contributed by atoms with Crippen LogP contribution >= 0.6 is 39.3 Å². The van der Waals surface area contributed by atoms with Gasteiger partial charge in [0.25, 0.3) is 5.91 Å². The van der Waals surface area contributed by atoms with E-state index in [-0.39, 0.29) is 5.91 Å². The molecule has 104 valence electrons. The maximum atomic E-state index is 12.3. The second-order valence-electron chi connectivity index (χ2n) is 4.63. The lowest BCUT2D eigenvalue weighted by Crippen LogP contribution is -2.38. The van der Waals surface area contributed by atoms with E-state index in [4.69, 9.17) is 11.6 Å². The third-order valence-corrected chi connectivity index (χ3v) is 5.54. The van der Waals surface area contributed by atoms with Crippen molar-refractivity contribution in [3.63, 3.8) is 0 Å². The molecule has 2 nitrogen and oxygen atoms in total. The Labute approximate surface area is 131 Å². The van der Waals surface area contributed by atoms with Crippen LogP contribution in [0.15, 0.2) is 22.7 Å². The Morgan fingerprint density at radius 1 is 1.53 bits per heavy atom. The molecule has 0 bridgehead atoms. The van der Waals surface area contributed by atoms with Crippen molar-refractivity contribution < 1.29 is 4.79 Å². The third-order valence-electron chi connectivity index (χ3n) is 3.33. The summed E-state index contributed by atoms with van der Waals surface area (Å²) in [6, 6.07) is 5.55. The standard InChI is InChI=1S/C14H17BrClNOS/c1-2-19-13-5-3-4-12(13)17-14(18)10-7-6-9(16)8-11(10)15/h6-8,12-13H,2-5H2,1H3,(H,17,18). The van der Waals surface area contributed by atoms with Gasteiger partial charge in [0.05, 0.1) is 5.56 Å². The van der Waals surface area contributed by atoms with Gasteiger partial charge in [0.2, 0.25) is 0 Å². The lowest BCUT2D eigenvalue weighted by molar-refractivity contribution is 0.0938. The van der Waals surface area contributed by atoms with Gasteiger partial charge >= 0.3 is 0 Å². The zero-order chi connectivity index (χ0) is 13.8. The van der Waals surface area contributed by atoms with Crippen LogP contribution in [0.1, 0.15) is 36.5 Å². The summed E-state index contributed by atoms with van der Waals surface area (Å²) in [5, 5.41) is 4.34. The number of amides is 1. The topological polar surface area (TPSA) is 29.1 Å². The van der Waals surface area contributed by atoms with Gasteiger partial charge in [-0.2, -0.15) is 11.8 Å².